The predicted octanol–water partition coefficient (Wildman–Crippen LogP) is 3.58. The van der Waals surface area contributed by atoms with Crippen LogP contribution in [0, 0.1) is 0 Å². The van der Waals surface area contributed by atoms with Crippen LogP contribution < -0.4 is 0 Å². The normalized spacial score (nSPS) is 9.30. The van der Waals surface area contributed by atoms with Gasteiger partial charge in [0.05, 0.1) is 5.02 Å². The molecule has 0 aliphatic rings. The highest BCUT2D eigenvalue weighted by Crippen LogP contribution is 2.26. The summed E-state index contributed by atoms with van der Waals surface area (Å²) in [5, 5.41) is 2.55. The lowest BCUT2D eigenvalue weighted by Gasteiger charge is -1.96. The van der Waals surface area contributed by atoms with Crippen LogP contribution in [-0.2, 0) is 0 Å². The number of thioether (sulfide) groups is 1. The molecule has 2 heteroatoms. The molecule has 0 aliphatic carbocycles. The van der Waals surface area contributed by atoms with Gasteiger partial charge in [-0.2, -0.15) is 0 Å². The van der Waals surface area contributed by atoms with Crippen LogP contribution in [0.15, 0.2) is 41.1 Å². The zero-order valence-corrected chi connectivity index (χ0v) is 6.95. The molecule has 1 aromatic carbocycles. The smallest absolute Gasteiger partial charge is 0.0545 e. The van der Waals surface area contributed by atoms with E-state index in [4.69, 9.17) is 11.6 Å². The van der Waals surface area contributed by atoms with Crippen molar-refractivity contribution in [3.05, 3.63) is 41.3 Å². The van der Waals surface area contributed by atoms with Gasteiger partial charge in [-0.15, -0.1) is 0 Å². The summed E-state index contributed by atoms with van der Waals surface area (Å²) >= 11 is 7.37. The Morgan fingerprint density at radius 1 is 1.40 bits per heavy atom. The van der Waals surface area contributed by atoms with Gasteiger partial charge in [0.1, 0.15) is 0 Å². The second kappa shape index (κ2) is 3.69. The average Bonchev–Trinajstić information content (AvgIpc) is 1.94. The van der Waals surface area contributed by atoms with Gasteiger partial charge in [0.15, 0.2) is 0 Å². The summed E-state index contributed by atoms with van der Waals surface area (Å²) in [5.74, 6) is 0. The highest BCUT2D eigenvalue weighted by molar-refractivity contribution is 8.02. The molecule has 1 aromatic rings. The summed E-state index contributed by atoms with van der Waals surface area (Å²) in [5.41, 5.74) is 0. The minimum atomic E-state index is 0.785. The molecular weight excluding hydrogens is 164 g/mol. The fourth-order valence-corrected chi connectivity index (χ4v) is 1.42. The number of rotatable bonds is 2. The largest absolute Gasteiger partial charge is 0.0971 e. The number of benzene rings is 1. The molecule has 0 spiro atoms. The third-order valence-electron chi connectivity index (χ3n) is 1.05. The van der Waals surface area contributed by atoms with E-state index in [1.165, 1.54) is 11.8 Å². The average molecular weight is 171 g/mol. The van der Waals surface area contributed by atoms with Crippen LogP contribution in [-0.4, -0.2) is 0 Å². The highest BCUT2D eigenvalue weighted by atomic mass is 35.5. The number of hydrogen-bond donors (Lipinski definition) is 0. The molecular formula is C8H7ClS. The van der Waals surface area contributed by atoms with Crippen molar-refractivity contribution in [2.45, 2.75) is 4.90 Å². The van der Waals surface area contributed by atoms with E-state index >= 15 is 0 Å². The van der Waals surface area contributed by atoms with Crippen molar-refractivity contribution in [1.82, 2.24) is 0 Å². The Morgan fingerprint density at radius 3 is 2.70 bits per heavy atom. The first-order chi connectivity index (χ1) is 4.84. The van der Waals surface area contributed by atoms with Crippen LogP contribution in [0.4, 0.5) is 0 Å². The van der Waals surface area contributed by atoms with Crippen LogP contribution in [0.1, 0.15) is 0 Å². The van der Waals surface area contributed by atoms with Crippen molar-refractivity contribution in [3.63, 3.8) is 0 Å². The first-order valence-corrected chi connectivity index (χ1v) is 4.12. The zero-order valence-electron chi connectivity index (χ0n) is 5.38. The third kappa shape index (κ3) is 1.79. The lowest BCUT2D eigenvalue weighted by Crippen LogP contribution is -1.68. The molecule has 0 saturated carbocycles. The van der Waals surface area contributed by atoms with E-state index in [-0.39, 0.29) is 0 Å². The Balaban J connectivity index is 2.91. The Kier molecular flexibility index (Phi) is 2.84. The molecule has 0 amide bonds. The quantitative estimate of drug-likeness (QED) is 0.612. The van der Waals surface area contributed by atoms with Crippen LogP contribution in [0.25, 0.3) is 0 Å². The van der Waals surface area contributed by atoms with E-state index in [2.05, 4.69) is 6.58 Å². The molecule has 0 N–H and O–H groups in total. The minimum absolute atomic E-state index is 0.785. The van der Waals surface area contributed by atoms with E-state index in [0.717, 1.165) is 9.92 Å². The van der Waals surface area contributed by atoms with E-state index in [9.17, 15) is 0 Å². The second-order valence-electron chi connectivity index (χ2n) is 1.71. The Hall–Kier alpha value is -0.400. The van der Waals surface area contributed by atoms with Crippen LogP contribution in [0.5, 0.6) is 0 Å². The Bertz CT molecular complexity index is 232. The van der Waals surface area contributed by atoms with Crippen molar-refractivity contribution in [2.75, 3.05) is 0 Å². The molecule has 0 bridgehead atoms. The monoisotopic (exact) mass is 170 g/mol. The molecule has 0 saturated heterocycles. The van der Waals surface area contributed by atoms with E-state index in [1.807, 2.05) is 24.3 Å². The van der Waals surface area contributed by atoms with Gasteiger partial charge < -0.3 is 0 Å². The third-order valence-corrected chi connectivity index (χ3v) is 2.27. The Labute approximate surface area is 69.9 Å². The highest BCUT2D eigenvalue weighted by Gasteiger charge is 1.94. The van der Waals surface area contributed by atoms with E-state index < -0.39 is 0 Å². The van der Waals surface area contributed by atoms with E-state index in [0.29, 0.717) is 0 Å². The topological polar surface area (TPSA) is 0 Å². The SMILES string of the molecule is C=CSc1ccccc1Cl. The van der Waals surface area contributed by atoms with Crippen LogP contribution in [0.3, 0.4) is 0 Å². The molecule has 0 aromatic heterocycles. The summed E-state index contributed by atoms with van der Waals surface area (Å²) < 4.78 is 0. The summed E-state index contributed by atoms with van der Waals surface area (Å²) in [7, 11) is 0. The van der Waals surface area contributed by atoms with Gasteiger partial charge in [-0.25, -0.2) is 0 Å². The maximum Gasteiger partial charge on any atom is 0.0545 e. The maximum atomic E-state index is 5.83. The molecule has 0 radical (unpaired) electrons. The van der Waals surface area contributed by atoms with Crippen molar-refractivity contribution < 1.29 is 0 Å². The molecule has 0 heterocycles. The molecule has 0 aliphatic heterocycles. The number of halogens is 1. The summed E-state index contributed by atoms with van der Waals surface area (Å²) in [4.78, 5) is 1.05. The maximum absolute atomic E-state index is 5.83. The van der Waals surface area contributed by atoms with Gasteiger partial charge in [-0.3, -0.25) is 0 Å². The first kappa shape index (κ1) is 7.70. The van der Waals surface area contributed by atoms with Crippen molar-refractivity contribution >= 4 is 23.4 Å². The van der Waals surface area contributed by atoms with Gasteiger partial charge in [-0.05, 0) is 17.5 Å². The molecule has 0 fully saturated rings. The van der Waals surface area contributed by atoms with Gasteiger partial charge in [0, 0.05) is 4.90 Å². The molecule has 0 nitrogen and oxygen atoms in total. The molecule has 52 valence electrons. The lowest BCUT2D eigenvalue weighted by atomic mass is 10.4. The van der Waals surface area contributed by atoms with E-state index in [1.54, 1.807) is 5.41 Å². The van der Waals surface area contributed by atoms with Gasteiger partial charge in [0.2, 0.25) is 0 Å². The lowest BCUT2D eigenvalue weighted by molar-refractivity contribution is 1.47. The second-order valence-corrected chi connectivity index (χ2v) is 3.13. The zero-order chi connectivity index (χ0) is 7.40. The summed E-state index contributed by atoms with van der Waals surface area (Å²) in [6.07, 6.45) is 0. The molecule has 10 heavy (non-hydrogen) atoms. The first-order valence-electron chi connectivity index (χ1n) is 2.86. The fourth-order valence-electron chi connectivity index (χ4n) is 0.630. The summed E-state index contributed by atoms with van der Waals surface area (Å²) in [6.45, 7) is 3.60. The number of hydrogen-bond acceptors (Lipinski definition) is 1. The predicted molar refractivity (Wildman–Crippen MR) is 47.5 cm³/mol. The molecule has 0 unspecified atom stereocenters. The van der Waals surface area contributed by atoms with Gasteiger partial charge in [0.25, 0.3) is 0 Å². The van der Waals surface area contributed by atoms with Gasteiger partial charge in [-0.1, -0.05) is 42.1 Å². The fraction of sp³-hybridized carbons (Fsp3) is 0. The molecule has 0 atom stereocenters. The van der Waals surface area contributed by atoms with Crippen molar-refractivity contribution in [3.8, 4) is 0 Å². The minimum Gasteiger partial charge on any atom is -0.0971 e. The van der Waals surface area contributed by atoms with Crippen LogP contribution in [0.2, 0.25) is 5.02 Å². The van der Waals surface area contributed by atoms with Crippen molar-refractivity contribution in [2.24, 2.45) is 0 Å². The molecule has 1 rings (SSSR count). The van der Waals surface area contributed by atoms with Crippen molar-refractivity contribution in [1.29, 1.82) is 0 Å². The standard InChI is InChI=1S/C8H7ClS/c1-2-10-8-6-4-3-5-7(8)9/h2-6H,1H2. The van der Waals surface area contributed by atoms with Gasteiger partial charge >= 0.3 is 0 Å². The van der Waals surface area contributed by atoms with Crippen LogP contribution >= 0.6 is 23.4 Å². The summed E-state index contributed by atoms with van der Waals surface area (Å²) in [6, 6.07) is 7.70. The Morgan fingerprint density at radius 2 is 2.10 bits per heavy atom.